The van der Waals surface area contributed by atoms with Gasteiger partial charge in [-0.15, -0.1) is 0 Å². The zero-order valence-corrected chi connectivity index (χ0v) is 10.1. The second-order valence-electron chi connectivity index (χ2n) is 3.53. The molecule has 7 heteroatoms. The lowest BCUT2D eigenvalue weighted by atomic mass is 10.3. The van der Waals surface area contributed by atoms with Gasteiger partial charge in [-0.1, -0.05) is 0 Å². The van der Waals surface area contributed by atoms with Crippen LogP contribution in [0.15, 0.2) is 18.3 Å². The molecule has 1 heterocycles. The van der Waals surface area contributed by atoms with Crippen molar-refractivity contribution in [2.75, 3.05) is 19.0 Å². The number of carbonyl (C=O) groups excluding carboxylic acids is 1. The van der Waals surface area contributed by atoms with E-state index in [9.17, 15) is 9.59 Å². The Balaban J connectivity index is 2.48. The Kier molecular flexibility index (Phi) is 5.06. The number of pyridine rings is 1. The van der Waals surface area contributed by atoms with E-state index in [1.165, 1.54) is 7.11 Å². The van der Waals surface area contributed by atoms with Crippen LogP contribution in [-0.2, 0) is 9.53 Å². The molecular formula is C11H15N3O4. The largest absolute Gasteiger partial charge is 0.479 e. The minimum atomic E-state index is -1.13. The fourth-order valence-corrected chi connectivity index (χ4v) is 1.24. The number of hydrogen-bond donors (Lipinski definition) is 3. The maximum atomic E-state index is 11.5. The van der Waals surface area contributed by atoms with Gasteiger partial charge in [-0.05, 0) is 19.1 Å². The van der Waals surface area contributed by atoms with E-state index in [1.54, 1.807) is 25.3 Å². The smallest absolute Gasteiger partial charge is 0.334 e. The lowest BCUT2D eigenvalue weighted by Crippen LogP contribution is -2.39. The van der Waals surface area contributed by atoms with Crippen molar-refractivity contribution in [2.24, 2.45) is 0 Å². The number of aliphatic carboxylic acids is 1. The average molecular weight is 253 g/mol. The molecule has 1 unspecified atom stereocenters. The molecule has 1 aromatic heterocycles. The predicted molar refractivity (Wildman–Crippen MR) is 64.4 cm³/mol. The summed E-state index contributed by atoms with van der Waals surface area (Å²) in [4.78, 5) is 26.2. The molecule has 1 aromatic rings. The van der Waals surface area contributed by atoms with E-state index in [-0.39, 0.29) is 6.54 Å². The Morgan fingerprint density at radius 1 is 1.56 bits per heavy atom. The highest BCUT2D eigenvalue weighted by atomic mass is 16.5. The van der Waals surface area contributed by atoms with Crippen molar-refractivity contribution >= 4 is 17.7 Å². The Labute approximate surface area is 104 Å². The van der Waals surface area contributed by atoms with Crippen LogP contribution in [0.25, 0.3) is 0 Å². The zero-order valence-electron chi connectivity index (χ0n) is 10.1. The van der Waals surface area contributed by atoms with Crippen LogP contribution in [0.2, 0.25) is 0 Å². The highest BCUT2D eigenvalue weighted by Gasteiger charge is 2.17. The van der Waals surface area contributed by atoms with Crippen molar-refractivity contribution in [1.29, 1.82) is 0 Å². The Morgan fingerprint density at radius 2 is 2.28 bits per heavy atom. The summed E-state index contributed by atoms with van der Waals surface area (Å²) < 4.78 is 4.68. The third-order valence-corrected chi connectivity index (χ3v) is 2.26. The van der Waals surface area contributed by atoms with Crippen molar-refractivity contribution < 1.29 is 19.4 Å². The molecule has 0 aliphatic heterocycles. The van der Waals surface area contributed by atoms with Gasteiger partial charge in [0.15, 0.2) is 6.10 Å². The lowest BCUT2D eigenvalue weighted by Gasteiger charge is -2.12. The quantitative estimate of drug-likeness (QED) is 0.713. The molecule has 2 amide bonds. The molecule has 1 atom stereocenters. The van der Waals surface area contributed by atoms with Crippen LogP contribution in [0.1, 0.15) is 5.69 Å². The maximum Gasteiger partial charge on any atom is 0.334 e. The molecule has 0 aliphatic rings. The molecule has 98 valence electrons. The molecule has 0 bridgehead atoms. The molecule has 1 rings (SSSR count). The molecule has 0 aliphatic carbocycles. The van der Waals surface area contributed by atoms with Gasteiger partial charge < -0.3 is 20.5 Å². The number of nitrogens with zero attached hydrogens (tertiary/aromatic N) is 1. The number of carboxylic acid groups (broad SMARTS) is 1. The number of hydrogen-bond acceptors (Lipinski definition) is 4. The normalized spacial score (nSPS) is 11.7. The van der Waals surface area contributed by atoms with E-state index in [2.05, 4.69) is 20.4 Å². The first-order chi connectivity index (χ1) is 8.54. The fraction of sp³-hybridized carbons (Fsp3) is 0.364. The molecule has 0 aromatic carbocycles. The second kappa shape index (κ2) is 6.55. The molecule has 0 spiro atoms. The average Bonchev–Trinajstić information content (AvgIpc) is 2.32. The fourth-order valence-electron chi connectivity index (χ4n) is 1.24. The topological polar surface area (TPSA) is 101 Å². The number of aromatic nitrogens is 1. The molecule has 18 heavy (non-hydrogen) atoms. The van der Waals surface area contributed by atoms with Gasteiger partial charge >= 0.3 is 12.0 Å². The van der Waals surface area contributed by atoms with Gasteiger partial charge in [-0.2, -0.15) is 0 Å². The van der Waals surface area contributed by atoms with Crippen molar-refractivity contribution in [3.63, 3.8) is 0 Å². The first-order valence-corrected chi connectivity index (χ1v) is 5.26. The standard InChI is InChI=1S/C11H15N3O4/c1-7-8(4-3-5-12-7)14-11(17)13-6-9(18-2)10(15)16/h3-5,9H,6H2,1-2H3,(H,15,16)(H2,13,14,17). The first-order valence-electron chi connectivity index (χ1n) is 5.26. The minimum Gasteiger partial charge on any atom is -0.479 e. The van der Waals surface area contributed by atoms with Crippen LogP contribution < -0.4 is 10.6 Å². The Morgan fingerprint density at radius 3 is 2.83 bits per heavy atom. The molecule has 0 radical (unpaired) electrons. The van der Waals surface area contributed by atoms with E-state index in [0.717, 1.165) is 0 Å². The lowest BCUT2D eigenvalue weighted by molar-refractivity contribution is -0.147. The number of ether oxygens (including phenoxy) is 1. The molecule has 0 fully saturated rings. The van der Waals surface area contributed by atoms with Crippen LogP contribution in [0.5, 0.6) is 0 Å². The van der Waals surface area contributed by atoms with Crippen molar-refractivity contribution in [2.45, 2.75) is 13.0 Å². The van der Waals surface area contributed by atoms with E-state index in [4.69, 9.17) is 5.11 Å². The summed E-state index contributed by atoms with van der Waals surface area (Å²) >= 11 is 0. The number of urea groups is 1. The van der Waals surface area contributed by atoms with Crippen molar-refractivity contribution in [1.82, 2.24) is 10.3 Å². The maximum absolute atomic E-state index is 11.5. The highest BCUT2D eigenvalue weighted by molar-refractivity contribution is 5.90. The SMILES string of the molecule is COC(CNC(=O)Nc1cccnc1C)C(=O)O. The van der Waals surface area contributed by atoms with E-state index in [1.807, 2.05) is 0 Å². The van der Waals surface area contributed by atoms with Crippen LogP contribution in [0, 0.1) is 6.92 Å². The van der Waals surface area contributed by atoms with Gasteiger partial charge in [-0.25, -0.2) is 9.59 Å². The highest BCUT2D eigenvalue weighted by Crippen LogP contribution is 2.09. The summed E-state index contributed by atoms with van der Waals surface area (Å²) in [6.07, 6.45) is 0.551. The number of amides is 2. The molecule has 7 nitrogen and oxygen atoms in total. The number of nitrogens with one attached hydrogen (secondary N) is 2. The second-order valence-corrected chi connectivity index (χ2v) is 3.53. The van der Waals surface area contributed by atoms with Gasteiger partial charge in [0.1, 0.15) is 0 Å². The monoisotopic (exact) mass is 253 g/mol. The zero-order chi connectivity index (χ0) is 13.5. The third kappa shape index (κ3) is 4.02. The van der Waals surface area contributed by atoms with Gasteiger partial charge in [-0.3, -0.25) is 4.98 Å². The Bertz CT molecular complexity index is 436. The summed E-state index contributed by atoms with van der Waals surface area (Å²) in [5.41, 5.74) is 1.24. The number of aryl methyl sites for hydroxylation is 1. The number of anilines is 1. The molecular weight excluding hydrogens is 238 g/mol. The van der Waals surface area contributed by atoms with Crippen molar-refractivity contribution in [3.8, 4) is 0 Å². The number of carbonyl (C=O) groups is 2. The summed E-state index contributed by atoms with van der Waals surface area (Å²) in [6, 6.07) is 2.89. The van der Waals surface area contributed by atoms with E-state index in [0.29, 0.717) is 11.4 Å². The summed E-state index contributed by atoms with van der Waals surface area (Å²) in [7, 11) is 1.27. The van der Waals surface area contributed by atoms with Crippen molar-refractivity contribution in [3.05, 3.63) is 24.0 Å². The number of methoxy groups -OCH3 is 1. The molecule has 0 saturated heterocycles. The summed E-state index contributed by atoms with van der Waals surface area (Å²) in [5, 5.41) is 13.7. The van der Waals surface area contributed by atoms with Crippen LogP contribution in [0.4, 0.5) is 10.5 Å². The minimum absolute atomic E-state index is 0.114. The number of rotatable bonds is 5. The summed E-state index contributed by atoms with van der Waals surface area (Å²) in [6.45, 7) is 1.64. The van der Waals surface area contributed by atoms with Crippen LogP contribution >= 0.6 is 0 Å². The van der Waals surface area contributed by atoms with Gasteiger partial charge in [0.2, 0.25) is 0 Å². The molecule has 3 N–H and O–H groups in total. The van der Waals surface area contributed by atoms with E-state index < -0.39 is 18.1 Å². The van der Waals surface area contributed by atoms with E-state index >= 15 is 0 Å². The molecule has 0 saturated carbocycles. The van der Waals surface area contributed by atoms with Crippen LogP contribution in [0.3, 0.4) is 0 Å². The summed E-state index contributed by atoms with van der Waals surface area (Å²) in [5.74, 6) is -1.13. The predicted octanol–water partition coefficient (Wildman–Crippen LogP) is 0.611. The van der Waals surface area contributed by atoms with Crippen LogP contribution in [-0.4, -0.2) is 41.8 Å². The first kappa shape index (κ1) is 13.9. The Hall–Kier alpha value is -2.15. The third-order valence-electron chi connectivity index (χ3n) is 2.26. The number of carboxylic acids is 1. The van der Waals surface area contributed by atoms with Gasteiger partial charge in [0.05, 0.1) is 17.9 Å². The van der Waals surface area contributed by atoms with Gasteiger partial charge in [0, 0.05) is 13.3 Å². The van der Waals surface area contributed by atoms with Gasteiger partial charge in [0.25, 0.3) is 0 Å².